The first kappa shape index (κ1) is 32.4. The number of piperazine rings is 1. The van der Waals surface area contributed by atoms with Crippen molar-refractivity contribution < 1.29 is 27.6 Å². The highest BCUT2D eigenvalue weighted by Gasteiger charge is 2.34. The number of carbonyl (C=O) groups is 1. The number of nitro benzene ring substituents is 1. The summed E-state index contributed by atoms with van der Waals surface area (Å²) in [6.45, 7) is 10.1. The number of likely N-dealkylation sites (tertiary alicyclic amines) is 1. The van der Waals surface area contributed by atoms with Crippen molar-refractivity contribution >= 4 is 34.6 Å². The summed E-state index contributed by atoms with van der Waals surface area (Å²) in [5, 5.41) is 14.5. The van der Waals surface area contributed by atoms with Crippen molar-refractivity contribution in [1.82, 2.24) is 9.80 Å². The molecule has 0 aromatic heterocycles. The topological polar surface area (TPSA) is 91.2 Å². The number of ether oxygens (including phenoxy) is 1. The van der Waals surface area contributed by atoms with E-state index in [2.05, 4.69) is 16.8 Å². The first-order valence-corrected chi connectivity index (χ1v) is 14.7. The van der Waals surface area contributed by atoms with Crippen molar-refractivity contribution in [1.29, 1.82) is 0 Å². The molecule has 0 saturated carbocycles. The van der Waals surface area contributed by atoms with Crippen LogP contribution in [0.15, 0.2) is 49.1 Å². The van der Waals surface area contributed by atoms with Crippen LogP contribution in [0.3, 0.4) is 0 Å². The standard InChI is InChI=1S/C30H37ClF3N5O4/c1-3-21(2)20-43-28-18-23(4-7-27(28)39(41)42)35-22-8-12-38(13-9-22)29(40)10-11-36-14-16-37(17-15-36)24-5-6-26(31)25(19-24)30(32,33)34/h3-7,18-19,21-22,35H,1,8-17,20H2,2H3. The lowest BCUT2D eigenvalue weighted by Gasteiger charge is -2.37. The number of alkyl halides is 3. The number of benzene rings is 2. The van der Waals surface area contributed by atoms with Gasteiger partial charge in [-0.3, -0.25) is 19.8 Å². The van der Waals surface area contributed by atoms with E-state index in [-0.39, 0.29) is 40.9 Å². The number of anilines is 2. The monoisotopic (exact) mass is 623 g/mol. The molecule has 2 aliphatic heterocycles. The highest BCUT2D eigenvalue weighted by Crippen LogP contribution is 2.37. The lowest BCUT2D eigenvalue weighted by Crippen LogP contribution is -2.48. The number of piperidine rings is 1. The molecule has 13 heteroatoms. The van der Waals surface area contributed by atoms with Gasteiger partial charge in [0.25, 0.3) is 0 Å². The molecule has 2 aliphatic rings. The molecule has 0 radical (unpaired) electrons. The molecule has 1 atom stereocenters. The summed E-state index contributed by atoms with van der Waals surface area (Å²) in [4.78, 5) is 29.8. The summed E-state index contributed by atoms with van der Waals surface area (Å²) >= 11 is 5.75. The zero-order valence-electron chi connectivity index (χ0n) is 24.1. The Hall–Kier alpha value is -3.51. The largest absolute Gasteiger partial charge is 0.486 e. The number of nitrogens with one attached hydrogen (secondary N) is 1. The van der Waals surface area contributed by atoms with Gasteiger partial charge in [-0.15, -0.1) is 6.58 Å². The van der Waals surface area contributed by atoms with Crippen LogP contribution in [0.1, 0.15) is 31.7 Å². The van der Waals surface area contributed by atoms with Crippen molar-refractivity contribution in [2.75, 3.05) is 62.6 Å². The van der Waals surface area contributed by atoms with Crippen molar-refractivity contribution in [3.8, 4) is 5.75 Å². The maximum Gasteiger partial charge on any atom is 0.417 e. The summed E-state index contributed by atoms with van der Waals surface area (Å²) < 4.78 is 45.4. The van der Waals surface area contributed by atoms with Crippen LogP contribution in [0.25, 0.3) is 0 Å². The normalized spacial score (nSPS) is 17.4. The SMILES string of the molecule is C=CC(C)COc1cc(NC2CCN(C(=O)CCN3CCN(c4ccc(Cl)c(C(F)(F)F)c4)CC3)CC2)ccc1[N+](=O)[O-]. The zero-order chi connectivity index (χ0) is 31.1. The first-order chi connectivity index (χ1) is 20.4. The van der Waals surface area contributed by atoms with Gasteiger partial charge in [-0.1, -0.05) is 24.6 Å². The van der Waals surface area contributed by atoms with Gasteiger partial charge < -0.3 is 19.9 Å². The third-order valence-corrected chi connectivity index (χ3v) is 8.24. The minimum absolute atomic E-state index is 0.0484. The van der Waals surface area contributed by atoms with Gasteiger partial charge in [-0.25, -0.2) is 0 Å². The Bertz CT molecular complexity index is 1300. The van der Waals surface area contributed by atoms with Crippen LogP contribution in [-0.4, -0.2) is 79.1 Å². The maximum absolute atomic E-state index is 13.2. The Morgan fingerprint density at radius 2 is 1.86 bits per heavy atom. The third-order valence-electron chi connectivity index (χ3n) is 7.91. The Morgan fingerprint density at radius 1 is 1.16 bits per heavy atom. The summed E-state index contributed by atoms with van der Waals surface area (Å²) in [5.41, 5.74) is 0.288. The van der Waals surface area contributed by atoms with Gasteiger partial charge in [0.15, 0.2) is 5.75 Å². The van der Waals surface area contributed by atoms with Gasteiger partial charge in [0, 0.05) is 87.7 Å². The van der Waals surface area contributed by atoms with Crippen LogP contribution in [0, 0.1) is 16.0 Å². The van der Waals surface area contributed by atoms with E-state index in [0.717, 1.165) is 24.6 Å². The van der Waals surface area contributed by atoms with Gasteiger partial charge in [0.2, 0.25) is 5.91 Å². The smallest absolute Gasteiger partial charge is 0.417 e. The number of nitrogens with zero attached hydrogens (tertiary/aromatic N) is 4. The molecule has 2 aromatic carbocycles. The van der Waals surface area contributed by atoms with Gasteiger partial charge >= 0.3 is 11.9 Å². The van der Waals surface area contributed by atoms with E-state index in [1.54, 1.807) is 24.3 Å². The predicted octanol–water partition coefficient (Wildman–Crippen LogP) is 6.08. The summed E-state index contributed by atoms with van der Waals surface area (Å²) in [6, 6.07) is 8.85. The first-order valence-electron chi connectivity index (χ1n) is 14.4. The van der Waals surface area contributed by atoms with Gasteiger partial charge in [-0.05, 0) is 37.1 Å². The van der Waals surface area contributed by atoms with Crippen LogP contribution < -0.4 is 15.0 Å². The molecule has 2 aromatic rings. The Morgan fingerprint density at radius 3 is 2.49 bits per heavy atom. The van der Waals surface area contributed by atoms with Crippen molar-refractivity contribution in [3.63, 3.8) is 0 Å². The molecule has 4 rings (SSSR count). The van der Waals surface area contributed by atoms with Crippen LogP contribution in [0.2, 0.25) is 5.02 Å². The molecule has 2 saturated heterocycles. The minimum Gasteiger partial charge on any atom is -0.486 e. The highest BCUT2D eigenvalue weighted by molar-refractivity contribution is 6.31. The second-order valence-corrected chi connectivity index (χ2v) is 11.4. The van der Waals surface area contributed by atoms with E-state index >= 15 is 0 Å². The van der Waals surface area contributed by atoms with E-state index < -0.39 is 16.7 Å². The second kappa shape index (κ2) is 14.3. The average molecular weight is 624 g/mol. The van der Waals surface area contributed by atoms with Crippen molar-refractivity contribution in [2.24, 2.45) is 5.92 Å². The van der Waals surface area contributed by atoms with Crippen molar-refractivity contribution in [2.45, 2.75) is 38.4 Å². The quantitative estimate of drug-likeness (QED) is 0.184. The molecule has 1 unspecified atom stereocenters. The van der Waals surface area contributed by atoms with Gasteiger partial charge in [0.1, 0.15) is 0 Å². The molecule has 9 nitrogen and oxygen atoms in total. The second-order valence-electron chi connectivity index (χ2n) is 11.0. The summed E-state index contributed by atoms with van der Waals surface area (Å²) in [6.07, 6.45) is -0.917. The molecule has 2 fully saturated rings. The molecule has 43 heavy (non-hydrogen) atoms. The number of hydrogen-bond donors (Lipinski definition) is 1. The Labute approximate surface area is 254 Å². The molecule has 0 bridgehead atoms. The fraction of sp³-hybridized carbons (Fsp3) is 0.500. The highest BCUT2D eigenvalue weighted by atomic mass is 35.5. The fourth-order valence-corrected chi connectivity index (χ4v) is 5.46. The zero-order valence-corrected chi connectivity index (χ0v) is 24.9. The Kier molecular flexibility index (Phi) is 10.8. The number of halogens is 4. The van der Waals surface area contributed by atoms with E-state index in [1.165, 1.54) is 12.1 Å². The molecule has 1 amide bonds. The molecular weight excluding hydrogens is 587 g/mol. The third kappa shape index (κ3) is 8.76. The van der Waals surface area contributed by atoms with Crippen LogP contribution in [-0.2, 0) is 11.0 Å². The molecule has 0 aliphatic carbocycles. The van der Waals surface area contributed by atoms with Crippen LogP contribution >= 0.6 is 11.6 Å². The summed E-state index contributed by atoms with van der Waals surface area (Å²) in [5.74, 6) is 0.333. The minimum atomic E-state index is -4.51. The molecule has 234 valence electrons. The van der Waals surface area contributed by atoms with Crippen LogP contribution in [0.4, 0.5) is 30.2 Å². The van der Waals surface area contributed by atoms with E-state index in [4.69, 9.17) is 16.3 Å². The molecule has 0 spiro atoms. The lowest BCUT2D eigenvalue weighted by molar-refractivity contribution is -0.385. The summed E-state index contributed by atoms with van der Waals surface area (Å²) in [7, 11) is 0. The Balaban J connectivity index is 1.21. The number of carbonyl (C=O) groups excluding carboxylic acids is 1. The van der Waals surface area contributed by atoms with E-state index in [9.17, 15) is 28.1 Å². The van der Waals surface area contributed by atoms with Gasteiger partial charge in [-0.2, -0.15) is 13.2 Å². The molecular formula is C30H37ClF3N5O4. The predicted molar refractivity (Wildman–Crippen MR) is 161 cm³/mol. The average Bonchev–Trinajstić information content (AvgIpc) is 2.99. The lowest BCUT2D eigenvalue weighted by atomic mass is 10.0. The number of rotatable bonds is 11. The number of hydrogen-bond acceptors (Lipinski definition) is 7. The van der Waals surface area contributed by atoms with Crippen LogP contribution in [0.5, 0.6) is 5.75 Å². The number of amides is 1. The van der Waals surface area contributed by atoms with Gasteiger partial charge in [0.05, 0.1) is 22.1 Å². The van der Waals surface area contributed by atoms with E-state index in [1.807, 2.05) is 16.7 Å². The number of nitro groups is 1. The van der Waals surface area contributed by atoms with E-state index in [0.29, 0.717) is 57.9 Å². The molecule has 1 N–H and O–H groups in total. The molecule has 2 heterocycles. The maximum atomic E-state index is 13.2. The van der Waals surface area contributed by atoms with Crippen molar-refractivity contribution in [3.05, 3.63) is 69.8 Å². The fourth-order valence-electron chi connectivity index (χ4n) is 5.24.